The number of amides is 1. The molecule has 0 aromatic carbocycles. The van der Waals surface area contributed by atoms with E-state index < -0.39 is 0 Å². The molecule has 98 valence electrons. The lowest BCUT2D eigenvalue weighted by Crippen LogP contribution is -2.29. The molecule has 0 aromatic heterocycles. The maximum Gasteiger partial charge on any atom is 0.221 e. The van der Waals surface area contributed by atoms with Crippen LogP contribution in [-0.4, -0.2) is 38.3 Å². The molecule has 0 aromatic rings. The van der Waals surface area contributed by atoms with E-state index in [4.69, 9.17) is 4.74 Å². The van der Waals surface area contributed by atoms with Crippen molar-refractivity contribution in [2.24, 2.45) is 5.92 Å². The Morgan fingerprint density at radius 2 is 2.00 bits per heavy atom. The fourth-order valence-electron chi connectivity index (χ4n) is 1.69. The lowest BCUT2D eigenvalue weighted by molar-refractivity contribution is -0.121. The van der Waals surface area contributed by atoms with Gasteiger partial charge in [-0.3, -0.25) is 4.79 Å². The first kappa shape index (κ1) is 12.8. The molecule has 2 aliphatic rings. The Kier molecular flexibility index (Phi) is 5.26. The highest BCUT2D eigenvalue weighted by molar-refractivity contribution is 5.76. The van der Waals surface area contributed by atoms with Crippen LogP contribution < -0.4 is 10.6 Å². The maximum atomic E-state index is 11.3. The van der Waals surface area contributed by atoms with Crippen molar-refractivity contribution in [2.45, 2.75) is 44.6 Å². The summed E-state index contributed by atoms with van der Waals surface area (Å²) in [5, 5.41) is 6.25. The molecule has 0 spiro atoms. The predicted molar refractivity (Wildman–Crippen MR) is 66.8 cm³/mol. The van der Waals surface area contributed by atoms with E-state index in [-0.39, 0.29) is 5.91 Å². The van der Waals surface area contributed by atoms with Gasteiger partial charge in [-0.25, -0.2) is 0 Å². The Hall–Kier alpha value is -0.610. The van der Waals surface area contributed by atoms with Gasteiger partial charge < -0.3 is 15.4 Å². The second-order valence-corrected chi connectivity index (χ2v) is 5.21. The molecule has 2 aliphatic carbocycles. The zero-order valence-electron chi connectivity index (χ0n) is 10.5. The zero-order valence-corrected chi connectivity index (χ0v) is 10.5. The summed E-state index contributed by atoms with van der Waals surface area (Å²) in [5.41, 5.74) is 0. The van der Waals surface area contributed by atoms with E-state index in [2.05, 4.69) is 10.6 Å². The molecule has 4 nitrogen and oxygen atoms in total. The van der Waals surface area contributed by atoms with Crippen LogP contribution in [0.5, 0.6) is 0 Å². The van der Waals surface area contributed by atoms with Gasteiger partial charge in [-0.05, 0) is 44.6 Å². The number of carbonyl (C=O) groups excluding carboxylic acids is 1. The van der Waals surface area contributed by atoms with Crippen molar-refractivity contribution in [2.75, 3.05) is 26.3 Å². The van der Waals surface area contributed by atoms with Gasteiger partial charge in [0.25, 0.3) is 0 Å². The Balaban J connectivity index is 1.29. The molecule has 17 heavy (non-hydrogen) atoms. The third kappa shape index (κ3) is 6.64. The minimum atomic E-state index is 0.185. The number of hydrogen-bond acceptors (Lipinski definition) is 3. The number of carbonyl (C=O) groups is 1. The van der Waals surface area contributed by atoms with E-state index in [1.807, 2.05) is 0 Å². The van der Waals surface area contributed by atoms with E-state index in [0.717, 1.165) is 51.5 Å². The summed E-state index contributed by atoms with van der Waals surface area (Å²) in [7, 11) is 0. The fraction of sp³-hybridized carbons (Fsp3) is 0.923. The van der Waals surface area contributed by atoms with Gasteiger partial charge in [0, 0.05) is 32.2 Å². The minimum absolute atomic E-state index is 0.185. The average Bonchev–Trinajstić information content (AvgIpc) is 3.15. The lowest BCUT2D eigenvalue weighted by atomic mass is 10.3. The summed E-state index contributed by atoms with van der Waals surface area (Å²) >= 11 is 0. The van der Waals surface area contributed by atoms with Gasteiger partial charge in [0.15, 0.2) is 0 Å². The Labute approximate surface area is 103 Å². The van der Waals surface area contributed by atoms with Gasteiger partial charge in [0.1, 0.15) is 0 Å². The van der Waals surface area contributed by atoms with Crippen molar-refractivity contribution >= 4 is 5.91 Å². The number of ether oxygens (including phenoxy) is 1. The summed E-state index contributed by atoms with van der Waals surface area (Å²) in [6, 6.07) is 0.485. The first-order chi connectivity index (χ1) is 8.34. The van der Waals surface area contributed by atoms with E-state index in [1.165, 1.54) is 12.8 Å². The van der Waals surface area contributed by atoms with Crippen molar-refractivity contribution in [3.63, 3.8) is 0 Å². The molecule has 1 amide bonds. The van der Waals surface area contributed by atoms with Crippen molar-refractivity contribution in [1.82, 2.24) is 10.6 Å². The van der Waals surface area contributed by atoms with Crippen molar-refractivity contribution < 1.29 is 9.53 Å². The first-order valence-corrected chi connectivity index (χ1v) is 6.92. The smallest absolute Gasteiger partial charge is 0.221 e. The van der Waals surface area contributed by atoms with Crippen LogP contribution >= 0.6 is 0 Å². The van der Waals surface area contributed by atoms with E-state index >= 15 is 0 Å². The van der Waals surface area contributed by atoms with E-state index in [1.54, 1.807) is 0 Å². The topological polar surface area (TPSA) is 50.4 Å². The van der Waals surface area contributed by atoms with Crippen molar-refractivity contribution in [3.8, 4) is 0 Å². The van der Waals surface area contributed by atoms with Gasteiger partial charge in [0.05, 0.1) is 0 Å². The van der Waals surface area contributed by atoms with Crippen molar-refractivity contribution in [1.29, 1.82) is 0 Å². The molecule has 0 bridgehead atoms. The third-order valence-electron chi connectivity index (χ3n) is 3.16. The normalized spacial score (nSPS) is 19.3. The molecule has 0 unspecified atom stereocenters. The van der Waals surface area contributed by atoms with Crippen LogP contribution in [0.1, 0.15) is 38.5 Å². The monoisotopic (exact) mass is 240 g/mol. The maximum absolute atomic E-state index is 11.3. The number of rotatable bonds is 10. The average molecular weight is 240 g/mol. The number of nitrogens with one attached hydrogen (secondary N) is 2. The second kappa shape index (κ2) is 6.97. The number of hydrogen-bond donors (Lipinski definition) is 2. The minimum Gasteiger partial charge on any atom is -0.381 e. The first-order valence-electron chi connectivity index (χ1n) is 6.92. The van der Waals surface area contributed by atoms with Crippen LogP contribution in [0.25, 0.3) is 0 Å². The second-order valence-electron chi connectivity index (χ2n) is 5.21. The molecular formula is C13H24N2O2. The van der Waals surface area contributed by atoms with Crippen LogP contribution in [0.3, 0.4) is 0 Å². The summed E-state index contributed by atoms with van der Waals surface area (Å²) in [4.78, 5) is 11.3. The lowest BCUT2D eigenvalue weighted by Gasteiger charge is -2.06. The van der Waals surface area contributed by atoms with Gasteiger partial charge in [-0.1, -0.05) is 0 Å². The molecule has 0 atom stereocenters. The molecule has 2 N–H and O–H groups in total. The van der Waals surface area contributed by atoms with Crippen LogP contribution in [0.2, 0.25) is 0 Å². The summed E-state index contributed by atoms with van der Waals surface area (Å²) < 4.78 is 5.53. The summed E-state index contributed by atoms with van der Waals surface area (Å²) in [5.74, 6) is 1.04. The standard InChI is InChI=1S/C13H24N2O2/c16-13(15-12-4-5-12)6-8-14-7-1-9-17-10-11-2-3-11/h11-12,14H,1-10H2,(H,15,16). The molecule has 0 saturated heterocycles. The molecule has 0 radical (unpaired) electrons. The van der Waals surface area contributed by atoms with Crippen LogP contribution in [0.4, 0.5) is 0 Å². The van der Waals surface area contributed by atoms with Crippen LogP contribution in [-0.2, 0) is 9.53 Å². The van der Waals surface area contributed by atoms with E-state index in [0.29, 0.717) is 12.5 Å². The Morgan fingerprint density at radius 1 is 1.18 bits per heavy atom. The summed E-state index contributed by atoms with van der Waals surface area (Å²) in [6.45, 7) is 3.52. The van der Waals surface area contributed by atoms with Gasteiger partial charge in [0.2, 0.25) is 5.91 Å². The fourth-order valence-corrected chi connectivity index (χ4v) is 1.69. The Bertz CT molecular complexity index is 238. The van der Waals surface area contributed by atoms with Gasteiger partial charge in [-0.2, -0.15) is 0 Å². The molecule has 0 aliphatic heterocycles. The molecular weight excluding hydrogens is 216 g/mol. The third-order valence-corrected chi connectivity index (χ3v) is 3.16. The molecule has 2 fully saturated rings. The van der Waals surface area contributed by atoms with Crippen molar-refractivity contribution in [3.05, 3.63) is 0 Å². The summed E-state index contributed by atoms with van der Waals surface area (Å²) in [6.07, 6.45) is 6.67. The van der Waals surface area contributed by atoms with Gasteiger partial charge in [-0.15, -0.1) is 0 Å². The van der Waals surface area contributed by atoms with E-state index in [9.17, 15) is 4.79 Å². The van der Waals surface area contributed by atoms with Crippen LogP contribution in [0, 0.1) is 5.92 Å². The molecule has 4 heteroatoms. The largest absolute Gasteiger partial charge is 0.381 e. The molecule has 2 rings (SSSR count). The predicted octanol–water partition coefficient (Wildman–Crippen LogP) is 1.06. The highest BCUT2D eigenvalue weighted by Gasteiger charge is 2.22. The van der Waals surface area contributed by atoms with Crippen LogP contribution in [0.15, 0.2) is 0 Å². The molecule has 0 heterocycles. The van der Waals surface area contributed by atoms with Gasteiger partial charge >= 0.3 is 0 Å². The highest BCUT2D eigenvalue weighted by Crippen LogP contribution is 2.28. The highest BCUT2D eigenvalue weighted by atomic mass is 16.5. The Morgan fingerprint density at radius 3 is 2.71 bits per heavy atom. The molecule has 2 saturated carbocycles. The quantitative estimate of drug-likeness (QED) is 0.561. The SMILES string of the molecule is O=C(CCNCCCOCC1CC1)NC1CC1. The zero-order chi connectivity index (χ0) is 11.9.